The molecule has 0 spiro atoms. The highest BCUT2D eigenvalue weighted by Gasteiger charge is 2.24. The van der Waals surface area contributed by atoms with E-state index in [4.69, 9.17) is 9.47 Å². The molecule has 0 radical (unpaired) electrons. The van der Waals surface area contributed by atoms with E-state index in [1.165, 1.54) is 0 Å². The second-order valence-corrected chi connectivity index (χ2v) is 4.44. The summed E-state index contributed by atoms with van der Waals surface area (Å²) in [6.45, 7) is 0.670. The average Bonchev–Trinajstić information content (AvgIpc) is 2.94. The Balaban J connectivity index is 2.05. The van der Waals surface area contributed by atoms with Crippen LogP contribution >= 0.6 is 0 Å². The van der Waals surface area contributed by atoms with Crippen molar-refractivity contribution in [2.45, 2.75) is 12.5 Å². The molecule has 0 aliphatic carbocycles. The fourth-order valence-corrected chi connectivity index (χ4v) is 2.41. The van der Waals surface area contributed by atoms with Crippen LogP contribution in [0.2, 0.25) is 0 Å². The lowest BCUT2D eigenvalue weighted by Gasteiger charge is -2.16. The van der Waals surface area contributed by atoms with E-state index >= 15 is 0 Å². The van der Waals surface area contributed by atoms with Gasteiger partial charge >= 0.3 is 0 Å². The lowest BCUT2D eigenvalue weighted by Crippen LogP contribution is -2.05. The number of benzene rings is 1. The zero-order chi connectivity index (χ0) is 13.2. The molecular formula is C15H15NO3. The number of nitrogens with zero attached hydrogens (tertiary/aromatic N) is 1. The Hall–Kier alpha value is -2.07. The topological polar surface area (TPSA) is 51.6 Å². The Morgan fingerprint density at radius 3 is 2.95 bits per heavy atom. The highest BCUT2D eigenvalue weighted by atomic mass is 16.5. The molecule has 0 amide bonds. The van der Waals surface area contributed by atoms with E-state index in [-0.39, 0.29) is 0 Å². The maximum Gasteiger partial charge on any atom is 0.219 e. The molecule has 2 aromatic rings. The third-order valence-corrected chi connectivity index (χ3v) is 3.33. The van der Waals surface area contributed by atoms with Crippen LogP contribution in [0.15, 0.2) is 36.5 Å². The Bertz CT molecular complexity index is 598. The van der Waals surface area contributed by atoms with Crippen molar-refractivity contribution >= 4 is 0 Å². The number of aliphatic hydroxyl groups excluding tert-OH is 1. The minimum Gasteiger partial charge on any atom is -0.493 e. The van der Waals surface area contributed by atoms with E-state index in [0.717, 1.165) is 23.3 Å². The fraction of sp³-hybridized carbons (Fsp3) is 0.267. The summed E-state index contributed by atoms with van der Waals surface area (Å²) in [4.78, 5) is 4.11. The largest absolute Gasteiger partial charge is 0.493 e. The number of methoxy groups -OCH3 is 1. The highest BCUT2D eigenvalue weighted by molar-refractivity contribution is 5.49. The van der Waals surface area contributed by atoms with Crippen LogP contribution in [-0.2, 0) is 6.42 Å². The molecule has 1 aliphatic heterocycles. The van der Waals surface area contributed by atoms with Crippen LogP contribution in [0.25, 0.3) is 0 Å². The van der Waals surface area contributed by atoms with Gasteiger partial charge in [-0.05, 0) is 17.7 Å². The summed E-state index contributed by atoms with van der Waals surface area (Å²) in [6, 6.07) is 9.44. The first-order valence-electron chi connectivity index (χ1n) is 6.23. The lowest BCUT2D eigenvalue weighted by molar-refractivity contribution is 0.207. The summed E-state index contributed by atoms with van der Waals surface area (Å²) in [5.74, 6) is 1.23. The van der Waals surface area contributed by atoms with Crippen molar-refractivity contribution in [3.8, 4) is 11.6 Å². The van der Waals surface area contributed by atoms with Crippen LogP contribution in [0, 0.1) is 0 Å². The van der Waals surface area contributed by atoms with Gasteiger partial charge in [0.05, 0.1) is 13.7 Å². The van der Waals surface area contributed by atoms with E-state index in [1.54, 1.807) is 19.4 Å². The van der Waals surface area contributed by atoms with Crippen LogP contribution in [-0.4, -0.2) is 23.8 Å². The number of pyridine rings is 1. The van der Waals surface area contributed by atoms with Crippen molar-refractivity contribution in [1.82, 2.24) is 4.98 Å². The van der Waals surface area contributed by atoms with Crippen molar-refractivity contribution in [1.29, 1.82) is 0 Å². The molecule has 0 saturated heterocycles. The second-order valence-electron chi connectivity index (χ2n) is 4.44. The average molecular weight is 257 g/mol. The SMILES string of the molecule is COc1ncccc1C(O)c1cccc2c1OCC2. The van der Waals surface area contributed by atoms with Crippen LogP contribution in [0.1, 0.15) is 22.8 Å². The molecule has 1 atom stereocenters. The monoisotopic (exact) mass is 257 g/mol. The number of aromatic nitrogens is 1. The zero-order valence-electron chi connectivity index (χ0n) is 10.7. The van der Waals surface area contributed by atoms with Gasteiger partial charge in [-0.2, -0.15) is 0 Å². The minimum absolute atomic E-state index is 0.436. The van der Waals surface area contributed by atoms with Gasteiger partial charge in [-0.15, -0.1) is 0 Å². The van der Waals surface area contributed by atoms with Gasteiger partial charge in [0, 0.05) is 23.7 Å². The van der Waals surface area contributed by atoms with E-state index in [9.17, 15) is 5.11 Å². The number of aliphatic hydroxyl groups is 1. The van der Waals surface area contributed by atoms with Crippen molar-refractivity contribution in [3.63, 3.8) is 0 Å². The zero-order valence-corrected chi connectivity index (χ0v) is 10.7. The predicted molar refractivity (Wildman–Crippen MR) is 70.5 cm³/mol. The molecular weight excluding hydrogens is 242 g/mol. The van der Waals surface area contributed by atoms with E-state index in [2.05, 4.69) is 4.98 Å². The molecule has 0 bridgehead atoms. The van der Waals surface area contributed by atoms with Crippen LogP contribution in [0.5, 0.6) is 11.6 Å². The van der Waals surface area contributed by atoms with Crippen molar-refractivity contribution < 1.29 is 14.6 Å². The summed E-state index contributed by atoms with van der Waals surface area (Å²) < 4.78 is 10.8. The molecule has 4 nitrogen and oxygen atoms in total. The standard InChI is InChI=1S/C15H15NO3/c1-18-15-12(6-3-8-16-15)13(17)11-5-2-4-10-7-9-19-14(10)11/h2-6,8,13,17H,7,9H2,1H3. The quantitative estimate of drug-likeness (QED) is 0.915. The first kappa shape index (κ1) is 12.0. The van der Waals surface area contributed by atoms with Crippen molar-refractivity contribution in [2.75, 3.05) is 13.7 Å². The molecule has 19 heavy (non-hydrogen) atoms. The minimum atomic E-state index is -0.795. The van der Waals surface area contributed by atoms with Crippen LogP contribution < -0.4 is 9.47 Å². The first-order chi connectivity index (χ1) is 9.31. The molecule has 0 saturated carbocycles. The van der Waals surface area contributed by atoms with E-state index < -0.39 is 6.10 Å². The lowest BCUT2D eigenvalue weighted by atomic mass is 9.99. The molecule has 0 fully saturated rings. The Morgan fingerprint density at radius 1 is 1.26 bits per heavy atom. The molecule has 3 rings (SSSR count). The van der Waals surface area contributed by atoms with Crippen LogP contribution in [0.3, 0.4) is 0 Å². The highest BCUT2D eigenvalue weighted by Crippen LogP contribution is 2.37. The maximum atomic E-state index is 10.6. The van der Waals surface area contributed by atoms with Crippen molar-refractivity contribution in [2.24, 2.45) is 0 Å². The van der Waals surface area contributed by atoms with Gasteiger partial charge in [-0.25, -0.2) is 4.98 Å². The third-order valence-electron chi connectivity index (χ3n) is 3.33. The number of para-hydroxylation sites is 1. The van der Waals surface area contributed by atoms with Crippen LogP contribution in [0.4, 0.5) is 0 Å². The molecule has 98 valence electrons. The van der Waals surface area contributed by atoms with Gasteiger partial charge in [0.2, 0.25) is 5.88 Å². The van der Waals surface area contributed by atoms with Gasteiger partial charge in [0.15, 0.2) is 0 Å². The smallest absolute Gasteiger partial charge is 0.219 e. The Morgan fingerprint density at radius 2 is 2.11 bits per heavy atom. The molecule has 1 N–H and O–H groups in total. The molecule has 1 aliphatic rings. The van der Waals surface area contributed by atoms with Gasteiger partial charge in [-0.3, -0.25) is 0 Å². The molecule has 4 heteroatoms. The molecule has 1 aromatic carbocycles. The number of ether oxygens (including phenoxy) is 2. The molecule has 1 unspecified atom stereocenters. The first-order valence-corrected chi connectivity index (χ1v) is 6.23. The Labute approximate surface area is 111 Å². The predicted octanol–water partition coefficient (Wildman–Crippen LogP) is 2.11. The number of hydrogen-bond donors (Lipinski definition) is 1. The third kappa shape index (κ3) is 2.04. The molecule has 2 heterocycles. The Kier molecular flexibility index (Phi) is 3.09. The maximum absolute atomic E-state index is 10.6. The van der Waals surface area contributed by atoms with Gasteiger partial charge in [0.25, 0.3) is 0 Å². The summed E-state index contributed by atoms with van der Waals surface area (Å²) in [7, 11) is 1.55. The second kappa shape index (κ2) is 4.90. The summed E-state index contributed by atoms with van der Waals surface area (Å²) in [5.41, 5.74) is 2.55. The molecule has 1 aromatic heterocycles. The van der Waals surface area contributed by atoms with E-state index in [0.29, 0.717) is 18.1 Å². The summed E-state index contributed by atoms with van der Waals surface area (Å²) >= 11 is 0. The van der Waals surface area contributed by atoms with Gasteiger partial charge in [0.1, 0.15) is 11.9 Å². The normalized spacial score (nSPS) is 14.6. The fourth-order valence-electron chi connectivity index (χ4n) is 2.41. The van der Waals surface area contributed by atoms with Gasteiger partial charge in [-0.1, -0.05) is 18.2 Å². The summed E-state index contributed by atoms with van der Waals surface area (Å²) in [6.07, 6.45) is 1.73. The number of fused-ring (bicyclic) bond motifs is 1. The van der Waals surface area contributed by atoms with E-state index in [1.807, 2.05) is 24.3 Å². The van der Waals surface area contributed by atoms with Crippen molar-refractivity contribution in [3.05, 3.63) is 53.2 Å². The van der Waals surface area contributed by atoms with Gasteiger partial charge < -0.3 is 14.6 Å². The summed E-state index contributed by atoms with van der Waals surface area (Å²) in [5, 5.41) is 10.6. The number of hydrogen-bond acceptors (Lipinski definition) is 4. The number of rotatable bonds is 3.